The first-order valence-corrected chi connectivity index (χ1v) is 9.29. The maximum absolute atomic E-state index is 13.1. The number of aryl methyl sites for hydroxylation is 1. The maximum Gasteiger partial charge on any atom is 0.206 e. The van der Waals surface area contributed by atoms with E-state index < -0.39 is 5.78 Å². The molecule has 3 aromatic rings. The van der Waals surface area contributed by atoms with E-state index in [1.54, 1.807) is 62.8 Å². The van der Waals surface area contributed by atoms with E-state index in [-0.39, 0.29) is 11.3 Å². The smallest absolute Gasteiger partial charge is 0.206 e. The number of nitrogens with zero attached hydrogens (tertiary/aromatic N) is 1. The van der Waals surface area contributed by atoms with E-state index in [4.69, 9.17) is 9.47 Å². The van der Waals surface area contributed by atoms with Gasteiger partial charge in [0.1, 0.15) is 23.0 Å². The average Bonchev–Trinajstić information content (AvgIpc) is 2.80. The Labute approximate surface area is 175 Å². The molecule has 5 heteroatoms. The van der Waals surface area contributed by atoms with Crippen LogP contribution >= 0.6 is 0 Å². The van der Waals surface area contributed by atoms with E-state index in [2.05, 4.69) is 4.99 Å². The zero-order valence-corrected chi connectivity index (χ0v) is 17.0. The number of carbonyl (C=O) groups is 1. The monoisotopic (exact) mass is 399 g/mol. The second-order valence-corrected chi connectivity index (χ2v) is 6.56. The molecule has 0 bridgehead atoms. The lowest BCUT2D eigenvalue weighted by atomic mass is 9.95. The largest absolute Gasteiger partial charge is 0.497 e. The van der Waals surface area contributed by atoms with E-state index in [0.29, 0.717) is 28.3 Å². The number of methoxy groups -OCH3 is 2. The molecule has 0 aliphatic rings. The lowest BCUT2D eigenvalue weighted by molar-refractivity contribution is 0.104. The van der Waals surface area contributed by atoms with Crippen LogP contribution in [0.15, 0.2) is 83.4 Å². The SMILES string of the molecule is COc1ccc(C(=O)C(=C=O)C(=Nc2ccc(C)cc2)c2ccc(OC)cc2)cc1. The van der Waals surface area contributed by atoms with Crippen LogP contribution in [0.4, 0.5) is 5.69 Å². The third-order valence-electron chi connectivity index (χ3n) is 4.56. The second-order valence-electron chi connectivity index (χ2n) is 6.56. The van der Waals surface area contributed by atoms with E-state index in [9.17, 15) is 9.59 Å². The van der Waals surface area contributed by atoms with Crippen molar-refractivity contribution >= 4 is 23.1 Å². The van der Waals surface area contributed by atoms with E-state index in [1.165, 1.54) is 0 Å². The molecule has 5 nitrogen and oxygen atoms in total. The number of Topliss-reactive ketones (excluding diaryl/α,β-unsaturated/α-hetero) is 1. The molecule has 0 heterocycles. The van der Waals surface area contributed by atoms with Crippen molar-refractivity contribution in [2.45, 2.75) is 6.92 Å². The molecular weight excluding hydrogens is 378 g/mol. The van der Waals surface area contributed by atoms with Crippen LogP contribution in [0.3, 0.4) is 0 Å². The average molecular weight is 399 g/mol. The summed E-state index contributed by atoms with van der Waals surface area (Å²) >= 11 is 0. The van der Waals surface area contributed by atoms with Gasteiger partial charge in [-0.15, -0.1) is 0 Å². The first-order chi connectivity index (χ1) is 14.5. The van der Waals surface area contributed by atoms with Crippen LogP contribution in [-0.4, -0.2) is 31.7 Å². The number of allylic oxidation sites excluding steroid dienone is 1. The Kier molecular flexibility index (Phi) is 6.58. The number of aliphatic imine (C=N–C) groups is 1. The predicted octanol–water partition coefficient (Wildman–Crippen LogP) is 4.77. The van der Waals surface area contributed by atoms with Gasteiger partial charge in [0.2, 0.25) is 5.78 Å². The molecule has 0 N–H and O–H groups in total. The highest BCUT2D eigenvalue weighted by molar-refractivity contribution is 6.37. The van der Waals surface area contributed by atoms with Gasteiger partial charge in [-0.2, -0.15) is 0 Å². The van der Waals surface area contributed by atoms with Crippen LogP contribution in [0.5, 0.6) is 11.5 Å². The highest BCUT2D eigenvalue weighted by Gasteiger charge is 2.21. The van der Waals surface area contributed by atoms with Crippen molar-refractivity contribution in [3.63, 3.8) is 0 Å². The van der Waals surface area contributed by atoms with Crippen LogP contribution in [0.1, 0.15) is 21.5 Å². The van der Waals surface area contributed by atoms with Crippen molar-refractivity contribution in [3.05, 3.63) is 95.1 Å². The van der Waals surface area contributed by atoms with Crippen molar-refractivity contribution in [1.29, 1.82) is 0 Å². The zero-order valence-electron chi connectivity index (χ0n) is 17.0. The summed E-state index contributed by atoms with van der Waals surface area (Å²) in [4.78, 5) is 29.6. The summed E-state index contributed by atoms with van der Waals surface area (Å²) in [6.07, 6.45) is 0. The van der Waals surface area contributed by atoms with Crippen molar-refractivity contribution in [1.82, 2.24) is 0 Å². The summed E-state index contributed by atoms with van der Waals surface area (Å²) in [5.74, 6) is 2.62. The fourth-order valence-corrected chi connectivity index (χ4v) is 2.85. The Morgan fingerprint density at radius 2 is 1.27 bits per heavy atom. The molecule has 150 valence electrons. The number of hydrogen-bond donors (Lipinski definition) is 0. The van der Waals surface area contributed by atoms with Crippen molar-refractivity contribution in [3.8, 4) is 11.5 Å². The van der Waals surface area contributed by atoms with Gasteiger partial charge in [0.25, 0.3) is 0 Å². The standard InChI is InChI=1S/C25H21NO4/c1-17-4-10-20(11-5-17)26-24(18-6-12-21(29-2)13-7-18)23(16-27)25(28)19-8-14-22(30-3)15-9-19/h4-15H,1-3H3. The van der Waals surface area contributed by atoms with Crippen LogP contribution in [0, 0.1) is 6.92 Å². The molecule has 30 heavy (non-hydrogen) atoms. The molecule has 0 saturated carbocycles. The van der Waals surface area contributed by atoms with Gasteiger partial charge < -0.3 is 9.47 Å². The minimum absolute atomic E-state index is 0.147. The highest BCUT2D eigenvalue weighted by atomic mass is 16.5. The van der Waals surface area contributed by atoms with Crippen molar-refractivity contribution in [2.75, 3.05) is 14.2 Å². The van der Waals surface area contributed by atoms with E-state index in [1.807, 2.05) is 37.1 Å². The lowest BCUT2D eigenvalue weighted by Crippen LogP contribution is -2.15. The molecule has 0 aliphatic carbocycles. The second kappa shape index (κ2) is 9.50. The molecule has 3 aromatic carbocycles. The molecule has 3 rings (SSSR count). The fraction of sp³-hybridized carbons (Fsp3) is 0.120. The molecule has 0 unspecified atom stereocenters. The molecule has 0 aromatic heterocycles. The summed E-state index contributed by atoms with van der Waals surface area (Å²) in [6.45, 7) is 1.97. The summed E-state index contributed by atoms with van der Waals surface area (Å²) < 4.78 is 10.3. The van der Waals surface area contributed by atoms with Gasteiger partial charge in [-0.1, -0.05) is 17.7 Å². The molecule has 0 aliphatic heterocycles. The summed E-state index contributed by atoms with van der Waals surface area (Å²) in [6, 6.07) is 21.1. The molecule has 0 spiro atoms. The summed E-state index contributed by atoms with van der Waals surface area (Å²) in [5, 5.41) is 0. The van der Waals surface area contributed by atoms with Crippen LogP contribution in [0.2, 0.25) is 0 Å². The van der Waals surface area contributed by atoms with Gasteiger partial charge in [-0.05, 0) is 67.6 Å². The van der Waals surface area contributed by atoms with Gasteiger partial charge in [0, 0.05) is 11.1 Å². The molecule has 0 radical (unpaired) electrons. The number of benzene rings is 3. The lowest BCUT2D eigenvalue weighted by Gasteiger charge is -2.10. The molecule has 0 amide bonds. The number of hydrogen-bond acceptors (Lipinski definition) is 5. The topological polar surface area (TPSA) is 65.0 Å². The van der Waals surface area contributed by atoms with E-state index >= 15 is 0 Å². The first kappa shape index (κ1) is 20.8. The zero-order chi connectivity index (χ0) is 21.5. The van der Waals surface area contributed by atoms with Gasteiger partial charge in [-0.25, -0.2) is 9.79 Å². The third kappa shape index (κ3) is 4.72. The quantitative estimate of drug-likeness (QED) is 0.248. The maximum atomic E-state index is 13.1. The minimum Gasteiger partial charge on any atom is -0.497 e. The van der Waals surface area contributed by atoms with Gasteiger partial charge in [0.15, 0.2) is 0 Å². The Balaban J connectivity index is 2.09. The molecule has 0 fully saturated rings. The summed E-state index contributed by atoms with van der Waals surface area (Å²) in [5.41, 5.74) is 2.76. The van der Waals surface area contributed by atoms with Gasteiger partial charge in [0.05, 0.1) is 25.6 Å². The molecular formula is C25H21NO4. The number of ketones is 1. The van der Waals surface area contributed by atoms with Crippen molar-refractivity contribution < 1.29 is 19.1 Å². The summed E-state index contributed by atoms with van der Waals surface area (Å²) in [7, 11) is 3.11. The van der Waals surface area contributed by atoms with Crippen LogP contribution in [-0.2, 0) is 4.79 Å². The van der Waals surface area contributed by atoms with Crippen molar-refractivity contribution in [2.24, 2.45) is 4.99 Å². The number of ether oxygens (including phenoxy) is 2. The number of rotatable bonds is 7. The van der Waals surface area contributed by atoms with E-state index in [0.717, 1.165) is 5.56 Å². The third-order valence-corrected chi connectivity index (χ3v) is 4.56. The highest BCUT2D eigenvalue weighted by Crippen LogP contribution is 2.22. The minimum atomic E-state index is -0.464. The molecule has 0 saturated heterocycles. The number of carbonyl (C=O) groups excluding carboxylic acids is 2. The molecule has 0 atom stereocenters. The Bertz CT molecular complexity index is 1110. The Morgan fingerprint density at radius 3 is 1.73 bits per heavy atom. The van der Waals surface area contributed by atoms with Crippen LogP contribution < -0.4 is 9.47 Å². The van der Waals surface area contributed by atoms with Gasteiger partial charge in [-0.3, -0.25) is 4.79 Å². The Morgan fingerprint density at radius 1 is 0.767 bits per heavy atom. The van der Waals surface area contributed by atoms with Crippen LogP contribution in [0.25, 0.3) is 0 Å². The first-order valence-electron chi connectivity index (χ1n) is 9.29. The predicted molar refractivity (Wildman–Crippen MR) is 117 cm³/mol. The fourth-order valence-electron chi connectivity index (χ4n) is 2.85. The Hall–Kier alpha value is -3.95. The van der Waals surface area contributed by atoms with Gasteiger partial charge >= 0.3 is 0 Å². The normalized spacial score (nSPS) is 10.8.